The molecule has 0 fully saturated rings. The van der Waals surface area contributed by atoms with E-state index in [1.54, 1.807) is 12.4 Å². The van der Waals surface area contributed by atoms with Gasteiger partial charge in [0.2, 0.25) is 0 Å². The number of benzene rings is 1. The fraction of sp³-hybridized carbons (Fsp3) is 0.321. The number of carbonyl (C=O) groups excluding carboxylic acids is 1. The first-order valence-corrected chi connectivity index (χ1v) is 12.2. The first kappa shape index (κ1) is 22.9. The molecule has 3 aromatic heterocycles. The van der Waals surface area contributed by atoms with Crippen molar-refractivity contribution in [3.8, 4) is 5.75 Å². The summed E-state index contributed by atoms with van der Waals surface area (Å²) in [4.78, 5) is 21.3. The Bertz CT molecular complexity index is 1300. The molecule has 7 heteroatoms. The van der Waals surface area contributed by atoms with E-state index in [0.717, 1.165) is 65.1 Å². The third-order valence-electron chi connectivity index (χ3n) is 6.35. The molecular weight excluding hydrogens is 440 g/mol. The zero-order valence-corrected chi connectivity index (χ0v) is 19.9. The van der Waals surface area contributed by atoms with E-state index < -0.39 is 0 Å². The van der Waals surface area contributed by atoms with Gasteiger partial charge in [0.25, 0.3) is 0 Å². The molecule has 4 aromatic rings. The smallest absolute Gasteiger partial charge is 0.308 e. The molecule has 1 unspecified atom stereocenters. The number of aryl methyl sites for hydroxylation is 1. The molecule has 0 bridgehead atoms. The Labute approximate surface area is 205 Å². The van der Waals surface area contributed by atoms with Gasteiger partial charge in [-0.2, -0.15) is 0 Å². The number of aromatic nitrogens is 3. The second-order valence-electron chi connectivity index (χ2n) is 8.67. The highest BCUT2D eigenvalue weighted by atomic mass is 16.5. The number of esters is 1. The van der Waals surface area contributed by atoms with Gasteiger partial charge >= 0.3 is 5.97 Å². The number of carbonyl (C=O) groups is 1. The van der Waals surface area contributed by atoms with Gasteiger partial charge in [-0.05, 0) is 73.9 Å². The number of fused-ring (bicyclic) bond motifs is 2. The van der Waals surface area contributed by atoms with Crippen molar-refractivity contribution in [1.29, 1.82) is 0 Å². The van der Waals surface area contributed by atoms with Crippen LogP contribution in [0.2, 0.25) is 0 Å². The second-order valence-corrected chi connectivity index (χ2v) is 8.67. The van der Waals surface area contributed by atoms with E-state index in [4.69, 9.17) is 14.5 Å². The van der Waals surface area contributed by atoms with Crippen LogP contribution in [0.1, 0.15) is 42.8 Å². The lowest BCUT2D eigenvalue weighted by molar-refractivity contribution is -0.143. The molecule has 0 amide bonds. The SMILES string of the molecule is CCOC(=O)CC(c1ccncc1)n1ccc2cc(OCCc3ccc4c(n3)CCCN4)ccc21. The van der Waals surface area contributed by atoms with Gasteiger partial charge in [-0.15, -0.1) is 0 Å². The van der Waals surface area contributed by atoms with Gasteiger partial charge < -0.3 is 19.4 Å². The highest BCUT2D eigenvalue weighted by molar-refractivity contribution is 5.82. The number of ether oxygens (including phenoxy) is 2. The molecule has 0 radical (unpaired) electrons. The summed E-state index contributed by atoms with van der Waals surface area (Å²) in [6.07, 6.45) is 8.68. The Morgan fingerprint density at radius 1 is 1.14 bits per heavy atom. The second kappa shape index (κ2) is 10.6. The van der Waals surface area contributed by atoms with Gasteiger partial charge in [-0.25, -0.2) is 0 Å². The highest BCUT2D eigenvalue weighted by Gasteiger charge is 2.20. The van der Waals surface area contributed by atoms with Crippen LogP contribution in [0.5, 0.6) is 5.75 Å². The average molecular weight is 471 g/mol. The zero-order valence-electron chi connectivity index (χ0n) is 19.9. The van der Waals surface area contributed by atoms with Gasteiger partial charge in [0.15, 0.2) is 0 Å². The van der Waals surface area contributed by atoms with Crippen LogP contribution in [-0.2, 0) is 22.4 Å². The van der Waals surface area contributed by atoms with Crippen molar-refractivity contribution in [1.82, 2.24) is 14.5 Å². The Balaban J connectivity index is 1.30. The average Bonchev–Trinajstić information content (AvgIpc) is 3.31. The molecule has 180 valence electrons. The van der Waals surface area contributed by atoms with E-state index >= 15 is 0 Å². The van der Waals surface area contributed by atoms with Crippen LogP contribution in [0.4, 0.5) is 5.69 Å². The van der Waals surface area contributed by atoms with Crippen molar-refractivity contribution in [2.24, 2.45) is 0 Å². The summed E-state index contributed by atoms with van der Waals surface area (Å²) in [5, 5.41) is 4.46. The molecule has 4 heterocycles. The van der Waals surface area contributed by atoms with Crippen molar-refractivity contribution >= 4 is 22.6 Å². The van der Waals surface area contributed by atoms with E-state index in [0.29, 0.717) is 13.2 Å². The summed E-state index contributed by atoms with van der Waals surface area (Å²) in [5.74, 6) is 0.600. The van der Waals surface area contributed by atoms with Crippen LogP contribution < -0.4 is 10.1 Å². The Hall–Kier alpha value is -3.87. The zero-order chi connectivity index (χ0) is 24.0. The number of hydrogen-bond donors (Lipinski definition) is 1. The summed E-state index contributed by atoms with van der Waals surface area (Å²) >= 11 is 0. The maximum atomic E-state index is 12.3. The van der Waals surface area contributed by atoms with E-state index in [-0.39, 0.29) is 18.4 Å². The number of nitrogens with zero attached hydrogens (tertiary/aromatic N) is 3. The molecule has 1 N–H and O–H groups in total. The molecule has 35 heavy (non-hydrogen) atoms. The monoisotopic (exact) mass is 470 g/mol. The molecule has 0 saturated heterocycles. The molecule has 1 aromatic carbocycles. The van der Waals surface area contributed by atoms with Crippen LogP contribution in [0.25, 0.3) is 10.9 Å². The summed E-state index contributed by atoms with van der Waals surface area (Å²) in [7, 11) is 0. The van der Waals surface area contributed by atoms with Crippen molar-refractivity contribution in [2.75, 3.05) is 25.1 Å². The van der Waals surface area contributed by atoms with Gasteiger partial charge in [0.05, 0.1) is 37.1 Å². The van der Waals surface area contributed by atoms with Crippen molar-refractivity contribution < 1.29 is 14.3 Å². The summed E-state index contributed by atoms with van der Waals surface area (Å²) in [6.45, 7) is 3.78. The largest absolute Gasteiger partial charge is 0.493 e. The Kier molecular flexibility index (Phi) is 6.93. The summed E-state index contributed by atoms with van der Waals surface area (Å²) in [5.41, 5.74) is 5.41. The van der Waals surface area contributed by atoms with Crippen LogP contribution >= 0.6 is 0 Å². The minimum absolute atomic E-state index is 0.175. The third-order valence-corrected chi connectivity index (χ3v) is 6.35. The topological polar surface area (TPSA) is 78.3 Å². The number of anilines is 1. The minimum Gasteiger partial charge on any atom is -0.493 e. The Morgan fingerprint density at radius 3 is 2.89 bits per heavy atom. The summed E-state index contributed by atoms with van der Waals surface area (Å²) < 4.78 is 13.4. The molecule has 0 aliphatic carbocycles. The van der Waals surface area contributed by atoms with E-state index in [2.05, 4.69) is 33.1 Å². The van der Waals surface area contributed by atoms with Crippen molar-refractivity contribution in [3.63, 3.8) is 0 Å². The summed E-state index contributed by atoms with van der Waals surface area (Å²) in [6, 6.07) is 16.0. The first-order valence-electron chi connectivity index (χ1n) is 12.2. The van der Waals surface area contributed by atoms with Crippen LogP contribution in [0.15, 0.2) is 67.1 Å². The fourth-order valence-corrected chi connectivity index (χ4v) is 4.63. The quantitative estimate of drug-likeness (QED) is 0.349. The van der Waals surface area contributed by atoms with E-state index in [1.807, 2.05) is 43.5 Å². The number of hydrogen-bond acceptors (Lipinski definition) is 6. The first-order chi connectivity index (χ1) is 17.2. The predicted octanol–water partition coefficient (Wildman–Crippen LogP) is 4.95. The van der Waals surface area contributed by atoms with Crippen molar-refractivity contribution in [2.45, 2.75) is 38.6 Å². The molecule has 1 aliphatic rings. The van der Waals surface area contributed by atoms with Gasteiger partial charge in [0.1, 0.15) is 5.75 Å². The minimum atomic E-state index is -0.220. The standard InChI is InChI=1S/C28H30N4O3/c1-2-34-28(33)19-27(20-9-14-29-15-10-20)32-16-11-21-18-23(6-8-26(21)32)35-17-12-22-5-7-24-25(31-22)4-3-13-30-24/h5-11,14-16,18,27,30H,2-4,12-13,17,19H2,1H3. The molecule has 5 rings (SSSR count). The van der Waals surface area contributed by atoms with E-state index in [1.165, 1.54) is 0 Å². The van der Waals surface area contributed by atoms with E-state index in [9.17, 15) is 4.79 Å². The normalized spacial score (nSPS) is 13.6. The lowest BCUT2D eigenvalue weighted by Crippen LogP contribution is -2.16. The fourth-order valence-electron chi connectivity index (χ4n) is 4.63. The third kappa shape index (κ3) is 5.29. The van der Waals surface area contributed by atoms with Gasteiger partial charge in [0, 0.05) is 48.2 Å². The highest BCUT2D eigenvalue weighted by Crippen LogP contribution is 2.30. The van der Waals surface area contributed by atoms with Gasteiger partial charge in [-0.3, -0.25) is 14.8 Å². The molecule has 1 atom stereocenters. The Morgan fingerprint density at radius 2 is 2.03 bits per heavy atom. The molecule has 7 nitrogen and oxygen atoms in total. The number of pyridine rings is 2. The van der Waals surface area contributed by atoms with Gasteiger partial charge in [-0.1, -0.05) is 0 Å². The van der Waals surface area contributed by atoms with Crippen LogP contribution in [0, 0.1) is 0 Å². The lowest BCUT2D eigenvalue weighted by Gasteiger charge is -2.20. The predicted molar refractivity (Wildman–Crippen MR) is 136 cm³/mol. The van der Waals surface area contributed by atoms with Crippen LogP contribution in [-0.4, -0.2) is 40.3 Å². The number of nitrogens with one attached hydrogen (secondary N) is 1. The maximum absolute atomic E-state index is 12.3. The maximum Gasteiger partial charge on any atom is 0.308 e. The van der Waals surface area contributed by atoms with Crippen molar-refractivity contribution in [3.05, 3.63) is 84.1 Å². The van der Waals surface area contributed by atoms with Crippen LogP contribution in [0.3, 0.4) is 0 Å². The molecule has 1 aliphatic heterocycles. The molecule has 0 spiro atoms. The molecule has 0 saturated carbocycles. The molecular formula is C28H30N4O3. The number of rotatable bonds is 9. The lowest BCUT2D eigenvalue weighted by atomic mass is 10.0.